The average Bonchev–Trinajstić information content (AvgIpc) is 2.23. The van der Waals surface area contributed by atoms with E-state index in [-0.39, 0.29) is 5.41 Å². The fourth-order valence-electron chi connectivity index (χ4n) is 1.81. The third-order valence-corrected chi connectivity index (χ3v) is 4.03. The summed E-state index contributed by atoms with van der Waals surface area (Å²) >= 11 is 1.90. The molecule has 1 atom stereocenters. The maximum Gasteiger partial charge on any atom is 0.0829 e. The summed E-state index contributed by atoms with van der Waals surface area (Å²) in [6.07, 6.45) is 3.61. The molecule has 0 aliphatic carbocycles. The lowest BCUT2D eigenvalue weighted by Gasteiger charge is -2.42. The highest BCUT2D eigenvalue weighted by molar-refractivity contribution is 7.99. The minimum atomic E-state index is 0.267. The Bertz CT molecular complexity index is 224. The lowest BCUT2D eigenvalue weighted by molar-refractivity contribution is -0.0627. The summed E-state index contributed by atoms with van der Waals surface area (Å²) in [5.74, 6) is 0. The smallest absolute Gasteiger partial charge is 0.0829 e. The molecular formula is C14H29NO2S. The van der Waals surface area contributed by atoms with Gasteiger partial charge in [-0.3, -0.25) is 4.90 Å². The Kier molecular flexibility index (Phi) is 6.99. The molecule has 108 valence electrons. The molecule has 18 heavy (non-hydrogen) atoms. The minimum absolute atomic E-state index is 0.267. The Labute approximate surface area is 117 Å². The largest absolute Gasteiger partial charge is 0.381 e. The van der Waals surface area contributed by atoms with Crippen LogP contribution >= 0.6 is 11.8 Å². The highest BCUT2D eigenvalue weighted by Gasteiger charge is 2.30. The summed E-state index contributed by atoms with van der Waals surface area (Å²) < 4.78 is 11.4. The van der Waals surface area contributed by atoms with Crippen molar-refractivity contribution in [2.24, 2.45) is 5.41 Å². The molecule has 1 saturated heterocycles. The maximum atomic E-state index is 5.80. The first-order valence-corrected chi connectivity index (χ1v) is 8.17. The van der Waals surface area contributed by atoms with E-state index in [4.69, 9.17) is 9.47 Å². The van der Waals surface area contributed by atoms with E-state index in [0.717, 1.165) is 39.3 Å². The number of nitrogens with zero attached hydrogens (tertiary/aromatic N) is 1. The molecule has 0 aromatic rings. The molecule has 0 amide bonds. The van der Waals surface area contributed by atoms with Gasteiger partial charge >= 0.3 is 0 Å². The van der Waals surface area contributed by atoms with Crippen LogP contribution in [0.25, 0.3) is 0 Å². The topological polar surface area (TPSA) is 21.7 Å². The van der Waals surface area contributed by atoms with Crippen LogP contribution in [0.3, 0.4) is 0 Å². The van der Waals surface area contributed by atoms with Gasteiger partial charge in [0.2, 0.25) is 0 Å². The fourth-order valence-corrected chi connectivity index (χ4v) is 2.28. The van der Waals surface area contributed by atoms with Gasteiger partial charge in [0.25, 0.3) is 0 Å². The van der Waals surface area contributed by atoms with Crippen LogP contribution < -0.4 is 0 Å². The second kappa shape index (κ2) is 7.73. The molecule has 1 aliphatic rings. The predicted octanol–water partition coefficient (Wildman–Crippen LogP) is 2.85. The molecule has 4 heteroatoms. The van der Waals surface area contributed by atoms with Crippen molar-refractivity contribution < 1.29 is 9.47 Å². The van der Waals surface area contributed by atoms with Gasteiger partial charge in [0.15, 0.2) is 0 Å². The second-order valence-electron chi connectivity index (χ2n) is 6.25. The molecule has 0 radical (unpaired) electrons. The summed E-state index contributed by atoms with van der Waals surface area (Å²) in [6, 6.07) is 0. The third kappa shape index (κ3) is 6.41. The van der Waals surface area contributed by atoms with Crippen LogP contribution in [0, 0.1) is 5.41 Å². The fraction of sp³-hybridized carbons (Fsp3) is 1.00. The van der Waals surface area contributed by atoms with E-state index in [2.05, 4.69) is 38.9 Å². The molecule has 0 aromatic carbocycles. The first-order chi connectivity index (χ1) is 8.42. The van der Waals surface area contributed by atoms with Gasteiger partial charge in [0.1, 0.15) is 0 Å². The van der Waals surface area contributed by atoms with Gasteiger partial charge in [-0.2, -0.15) is 0 Å². The highest BCUT2D eigenvalue weighted by Crippen LogP contribution is 2.21. The van der Waals surface area contributed by atoms with Gasteiger partial charge in [-0.05, 0) is 25.0 Å². The first-order valence-electron chi connectivity index (χ1n) is 6.88. The molecule has 1 fully saturated rings. The molecule has 0 bridgehead atoms. The molecule has 0 aromatic heterocycles. The zero-order chi connectivity index (χ0) is 13.6. The Hall–Kier alpha value is 0.230. The lowest BCUT2D eigenvalue weighted by atomic mass is 9.99. The van der Waals surface area contributed by atoms with Crippen molar-refractivity contribution in [1.29, 1.82) is 0 Å². The highest BCUT2D eigenvalue weighted by atomic mass is 32.2. The van der Waals surface area contributed by atoms with Crippen LogP contribution in [0.5, 0.6) is 0 Å². The van der Waals surface area contributed by atoms with E-state index in [9.17, 15) is 0 Å². The van der Waals surface area contributed by atoms with Gasteiger partial charge in [0, 0.05) is 26.3 Å². The molecule has 1 rings (SSSR count). The van der Waals surface area contributed by atoms with Crippen molar-refractivity contribution >= 4 is 11.8 Å². The molecule has 1 aliphatic heterocycles. The summed E-state index contributed by atoms with van der Waals surface area (Å²) in [5.41, 5.74) is 0.267. The van der Waals surface area contributed by atoms with Crippen molar-refractivity contribution in [3.05, 3.63) is 0 Å². The maximum absolute atomic E-state index is 5.80. The number of thioether (sulfide) groups is 1. The first kappa shape index (κ1) is 16.3. The van der Waals surface area contributed by atoms with Crippen LogP contribution in [-0.2, 0) is 9.47 Å². The monoisotopic (exact) mass is 275 g/mol. The summed E-state index contributed by atoms with van der Waals surface area (Å²) in [4.78, 5) is 2.45. The van der Waals surface area contributed by atoms with Gasteiger partial charge < -0.3 is 9.47 Å². The van der Waals surface area contributed by atoms with Crippen molar-refractivity contribution in [2.45, 2.75) is 45.6 Å². The molecule has 1 unspecified atom stereocenters. The van der Waals surface area contributed by atoms with Crippen molar-refractivity contribution in [3.8, 4) is 0 Å². The number of hydrogen-bond donors (Lipinski definition) is 0. The zero-order valence-corrected chi connectivity index (χ0v) is 13.4. The van der Waals surface area contributed by atoms with Gasteiger partial charge in [-0.15, -0.1) is 11.8 Å². The molecular weight excluding hydrogens is 246 g/mol. The SMILES string of the molecule is CSC(C)N1CC(OCCCOCC(C)(C)C)C1. The van der Waals surface area contributed by atoms with Crippen LogP contribution in [-0.4, -0.2) is 55.5 Å². The predicted molar refractivity (Wildman–Crippen MR) is 79.2 cm³/mol. The van der Waals surface area contributed by atoms with Crippen LogP contribution in [0.15, 0.2) is 0 Å². The van der Waals surface area contributed by atoms with E-state index < -0.39 is 0 Å². The summed E-state index contributed by atoms with van der Waals surface area (Å²) in [6.45, 7) is 13.5. The van der Waals surface area contributed by atoms with Gasteiger partial charge in [0.05, 0.1) is 18.1 Å². The van der Waals surface area contributed by atoms with Gasteiger partial charge in [-0.1, -0.05) is 20.8 Å². The summed E-state index contributed by atoms with van der Waals surface area (Å²) in [7, 11) is 0. The summed E-state index contributed by atoms with van der Waals surface area (Å²) in [5, 5.41) is 0.625. The molecule has 0 spiro atoms. The minimum Gasteiger partial charge on any atom is -0.381 e. The van der Waals surface area contributed by atoms with Crippen LogP contribution in [0.1, 0.15) is 34.1 Å². The van der Waals surface area contributed by atoms with E-state index in [1.807, 2.05) is 11.8 Å². The van der Waals surface area contributed by atoms with Crippen molar-refractivity contribution in [1.82, 2.24) is 4.90 Å². The average molecular weight is 275 g/mol. The van der Waals surface area contributed by atoms with Crippen LogP contribution in [0.2, 0.25) is 0 Å². The molecule has 0 N–H and O–H groups in total. The Morgan fingerprint density at radius 3 is 2.50 bits per heavy atom. The van der Waals surface area contributed by atoms with E-state index in [1.165, 1.54) is 0 Å². The molecule has 3 nitrogen and oxygen atoms in total. The standard InChI is InChI=1S/C14H29NO2S/c1-12(18-5)15-9-13(10-15)17-8-6-7-16-11-14(2,3)4/h12-13H,6-11H2,1-5H3. The number of ether oxygens (including phenoxy) is 2. The van der Waals surface area contributed by atoms with E-state index in [0.29, 0.717) is 11.5 Å². The third-order valence-electron chi connectivity index (χ3n) is 3.05. The Morgan fingerprint density at radius 1 is 1.28 bits per heavy atom. The molecule has 0 saturated carbocycles. The van der Waals surface area contributed by atoms with E-state index >= 15 is 0 Å². The van der Waals surface area contributed by atoms with E-state index in [1.54, 1.807) is 0 Å². The Balaban J connectivity index is 1.89. The molecule has 1 heterocycles. The Morgan fingerprint density at radius 2 is 1.94 bits per heavy atom. The quantitative estimate of drug-likeness (QED) is 0.635. The number of likely N-dealkylation sites (tertiary alicyclic amines) is 1. The van der Waals surface area contributed by atoms with Crippen LogP contribution in [0.4, 0.5) is 0 Å². The zero-order valence-electron chi connectivity index (χ0n) is 12.6. The normalized spacial score (nSPS) is 19.8. The van der Waals surface area contributed by atoms with Crippen molar-refractivity contribution in [2.75, 3.05) is 39.2 Å². The second-order valence-corrected chi connectivity index (χ2v) is 7.40. The van der Waals surface area contributed by atoms with Crippen molar-refractivity contribution in [3.63, 3.8) is 0 Å². The lowest BCUT2D eigenvalue weighted by Crippen LogP contribution is -2.54. The number of rotatable bonds is 8. The number of hydrogen-bond acceptors (Lipinski definition) is 4. The van der Waals surface area contributed by atoms with Gasteiger partial charge in [-0.25, -0.2) is 0 Å².